The van der Waals surface area contributed by atoms with Gasteiger partial charge < -0.3 is 10.1 Å². The first-order valence-corrected chi connectivity index (χ1v) is 11.7. The molecule has 0 aliphatic heterocycles. The van der Waals surface area contributed by atoms with Gasteiger partial charge in [-0.3, -0.25) is 9.52 Å². The van der Waals surface area contributed by atoms with Crippen LogP contribution in [0.3, 0.4) is 0 Å². The van der Waals surface area contributed by atoms with Crippen LogP contribution >= 0.6 is 0 Å². The summed E-state index contributed by atoms with van der Waals surface area (Å²) in [7, 11) is -2.27. The van der Waals surface area contributed by atoms with E-state index < -0.39 is 10.0 Å². The highest BCUT2D eigenvalue weighted by Gasteiger charge is 2.21. The molecule has 0 spiro atoms. The van der Waals surface area contributed by atoms with Crippen LogP contribution in [0, 0.1) is 20.8 Å². The van der Waals surface area contributed by atoms with Gasteiger partial charge in [0.05, 0.1) is 23.7 Å². The first kappa shape index (κ1) is 23.3. The van der Waals surface area contributed by atoms with Gasteiger partial charge in [0.2, 0.25) is 0 Å². The van der Waals surface area contributed by atoms with E-state index in [0.29, 0.717) is 11.3 Å². The molecule has 0 heterocycles. The lowest BCUT2D eigenvalue weighted by Crippen LogP contribution is -2.27. The van der Waals surface area contributed by atoms with Crippen molar-refractivity contribution < 1.29 is 17.9 Å². The fraction of sp³-hybridized carbons (Fsp3) is 0.240. The van der Waals surface area contributed by atoms with E-state index in [1.807, 2.05) is 57.2 Å². The van der Waals surface area contributed by atoms with Gasteiger partial charge in [-0.2, -0.15) is 0 Å². The van der Waals surface area contributed by atoms with E-state index in [-0.39, 0.29) is 22.4 Å². The van der Waals surface area contributed by atoms with Crippen LogP contribution in [0.2, 0.25) is 0 Å². The molecule has 32 heavy (non-hydrogen) atoms. The topological polar surface area (TPSA) is 84.5 Å². The highest BCUT2D eigenvalue weighted by atomic mass is 32.2. The number of carbonyl (C=O) groups is 1. The Labute approximate surface area is 189 Å². The van der Waals surface area contributed by atoms with Gasteiger partial charge >= 0.3 is 0 Å². The number of sulfonamides is 1. The predicted molar refractivity (Wildman–Crippen MR) is 127 cm³/mol. The van der Waals surface area contributed by atoms with Crippen molar-refractivity contribution in [3.63, 3.8) is 0 Å². The monoisotopic (exact) mass is 452 g/mol. The molecule has 0 aromatic heterocycles. The average molecular weight is 453 g/mol. The molecular weight excluding hydrogens is 424 g/mol. The Balaban J connectivity index is 1.82. The van der Waals surface area contributed by atoms with Crippen molar-refractivity contribution in [2.45, 2.75) is 38.6 Å². The summed E-state index contributed by atoms with van der Waals surface area (Å²) in [4.78, 5) is 12.9. The summed E-state index contributed by atoms with van der Waals surface area (Å²) in [5.74, 6) is 0.383. The number of benzene rings is 3. The largest absolute Gasteiger partial charge is 0.497 e. The van der Waals surface area contributed by atoms with E-state index >= 15 is 0 Å². The Bertz CT molecular complexity index is 1240. The van der Waals surface area contributed by atoms with Gasteiger partial charge in [0.25, 0.3) is 15.9 Å². The molecule has 0 unspecified atom stereocenters. The molecule has 3 rings (SSSR count). The summed E-state index contributed by atoms with van der Waals surface area (Å²) in [6, 6.07) is 17.3. The zero-order valence-electron chi connectivity index (χ0n) is 18.9. The molecule has 0 aliphatic carbocycles. The molecule has 0 fully saturated rings. The first-order valence-electron chi connectivity index (χ1n) is 10.3. The number of amides is 1. The molecule has 168 valence electrons. The molecule has 7 heteroatoms. The molecule has 0 bridgehead atoms. The summed E-state index contributed by atoms with van der Waals surface area (Å²) < 4.78 is 34.0. The van der Waals surface area contributed by atoms with Crippen LogP contribution in [0.25, 0.3) is 0 Å². The second-order valence-corrected chi connectivity index (χ2v) is 9.52. The maximum absolute atomic E-state index is 13.1. The Hall–Kier alpha value is -3.32. The average Bonchev–Trinajstić information content (AvgIpc) is 2.75. The third-order valence-corrected chi connectivity index (χ3v) is 6.84. The first-order chi connectivity index (χ1) is 15.1. The highest BCUT2D eigenvalue weighted by molar-refractivity contribution is 7.92. The number of hydrogen-bond donors (Lipinski definition) is 2. The van der Waals surface area contributed by atoms with E-state index in [2.05, 4.69) is 10.0 Å². The van der Waals surface area contributed by atoms with E-state index in [9.17, 15) is 13.2 Å². The Morgan fingerprint density at radius 2 is 1.59 bits per heavy atom. The van der Waals surface area contributed by atoms with Crippen LogP contribution < -0.4 is 14.8 Å². The molecule has 6 nitrogen and oxygen atoms in total. The van der Waals surface area contributed by atoms with E-state index in [1.165, 1.54) is 6.07 Å². The summed E-state index contributed by atoms with van der Waals surface area (Å²) >= 11 is 0. The number of hydrogen-bond acceptors (Lipinski definition) is 4. The van der Waals surface area contributed by atoms with Crippen molar-refractivity contribution >= 4 is 21.6 Å². The SMILES string of the molecule is COc1ccc([C@H](C)NC(=O)c2ccc(C)c(S(=O)(=O)Nc3ccc(C)cc3C)c2)cc1. The molecule has 1 atom stereocenters. The standard InChI is InChI=1S/C25H28N2O4S/c1-16-6-13-23(18(3)14-16)27-32(29,30)24-15-21(8-7-17(24)2)25(28)26-19(4)20-9-11-22(31-5)12-10-20/h6-15,19,27H,1-5H3,(H,26,28)/t19-/m0/s1. The highest BCUT2D eigenvalue weighted by Crippen LogP contribution is 2.24. The fourth-order valence-corrected chi connectivity index (χ4v) is 4.82. The van der Waals surface area contributed by atoms with Crippen LogP contribution in [0.15, 0.2) is 65.6 Å². The number of anilines is 1. The van der Waals surface area contributed by atoms with Crippen molar-refractivity contribution in [3.8, 4) is 5.75 Å². The molecule has 0 aliphatic rings. The summed E-state index contributed by atoms with van der Waals surface area (Å²) in [6.45, 7) is 7.37. The summed E-state index contributed by atoms with van der Waals surface area (Å²) in [6.07, 6.45) is 0. The Morgan fingerprint density at radius 3 is 2.22 bits per heavy atom. The van der Waals surface area contributed by atoms with Crippen molar-refractivity contribution in [3.05, 3.63) is 88.5 Å². The van der Waals surface area contributed by atoms with Crippen molar-refractivity contribution in [2.24, 2.45) is 0 Å². The van der Waals surface area contributed by atoms with Gasteiger partial charge in [0.1, 0.15) is 5.75 Å². The third kappa shape index (κ3) is 5.29. The van der Waals surface area contributed by atoms with Crippen LogP contribution in [0.4, 0.5) is 5.69 Å². The quantitative estimate of drug-likeness (QED) is 0.533. The second-order valence-electron chi connectivity index (χ2n) is 7.87. The van der Waals surface area contributed by atoms with E-state index in [1.54, 1.807) is 32.2 Å². The lowest BCUT2D eigenvalue weighted by atomic mass is 10.1. The number of aryl methyl sites for hydroxylation is 3. The van der Waals surface area contributed by atoms with Gasteiger partial charge in [-0.15, -0.1) is 0 Å². The molecule has 0 saturated carbocycles. The van der Waals surface area contributed by atoms with Crippen molar-refractivity contribution in [2.75, 3.05) is 11.8 Å². The molecule has 2 N–H and O–H groups in total. The smallest absolute Gasteiger partial charge is 0.262 e. The molecule has 0 radical (unpaired) electrons. The molecule has 0 saturated heterocycles. The zero-order valence-corrected chi connectivity index (χ0v) is 19.7. The molecular formula is C25H28N2O4S. The van der Waals surface area contributed by atoms with Gasteiger partial charge in [-0.1, -0.05) is 35.9 Å². The van der Waals surface area contributed by atoms with Crippen LogP contribution in [-0.4, -0.2) is 21.4 Å². The molecule has 1 amide bonds. The third-order valence-electron chi connectivity index (χ3n) is 5.33. The minimum absolute atomic E-state index is 0.0715. The summed E-state index contributed by atoms with van der Waals surface area (Å²) in [5, 5.41) is 2.92. The van der Waals surface area contributed by atoms with Gasteiger partial charge in [-0.05, 0) is 74.7 Å². The predicted octanol–water partition coefficient (Wildman–Crippen LogP) is 4.91. The van der Waals surface area contributed by atoms with Gasteiger partial charge in [0.15, 0.2) is 0 Å². The van der Waals surface area contributed by atoms with Crippen LogP contribution in [0.5, 0.6) is 5.75 Å². The maximum atomic E-state index is 13.1. The Morgan fingerprint density at radius 1 is 0.906 bits per heavy atom. The van der Waals surface area contributed by atoms with E-state index in [4.69, 9.17) is 4.74 Å². The van der Waals surface area contributed by atoms with Crippen LogP contribution in [-0.2, 0) is 10.0 Å². The maximum Gasteiger partial charge on any atom is 0.262 e. The number of rotatable bonds is 7. The number of nitrogens with one attached hydrogen (secondary N) is 2. The Kier molecular flexibility index (Phi) is 6.89. The van der Waals surface area contributed by atoms with Gasteiger partial charge in [0, 0.05) is 5.56 Å². The fourth-order valence-electron chi connectivity index (χ4n) is 3.41. The van der Waals surface area contributed by atoms with E-state index in [0.717, 1.165) is 22.4 Å². The normalized spacial score (nSPS) is 12.2. The van der Waals surface area contributed by atoms with Crippen molar-refractivity contribution in [1.82, 2.24) is 5.32 Å². The lowest BCUT2D eigenvalue weighted by molar-refractivity contribution is 0.0939. The second kappa shape index (κ2) is 9.44. The minimum atomic E-state index is -3.87. The number of carbonyl (C=O) groups excluding carboxylic acids is 1. The summed E-state index contributed by atoms with van der Waals surface area (Å²) in [5.41, 5.74) is 4.13. The van der Waals surface area contributed by atoms with Gasteiger partial charge in [-0.25, -0.2) is 8.42 Å². The molecule has 3 aromatic carbocycles. The number of methoxy groups -OCH3 is 1. The number of ether oxygens (including phenoxy) is 1. The zero-order chi connectivity index (χ0) is 23.5. The minimum Gasteiger partial charge on any atom is -0.497 e. The lowest BCUT2D eigenvalue weighted by Gasteiger charge is -2.16. The molecule has 3 aromatic rings. The van der Waals surface area contributed by atoms with Crippen molar-refractivity contribution in [1.29, 1.82) is 0 Å². The van der Waals surface area contributed by atoms with Crippen LogP contribution in [0.1, 0.15) is 45.6 Å².